The summed E-state index contributed by atoms with van der Waals surface area (Å²) in [6, 6.07) is 3.51. The van der Waals surface area contributed by atoms with Gasteiger partial charge in [-0.15, -0.1) is 0 Å². The minimum absolute atomic E-state index is 0.287. The van der Waals surface area contributed by atoms with Crippen LogP contribution in [0.3, 0.4) is 0 Å². The van der Waals surface area contributed by atoms with Gasteiger partial charge in [0.05, 0.1) is 11.3 Å². The minimum Gasteiger partial charge on any atom is -0.461 e. The molecule has 0 amide bonds. The normalized spacial score (nSPS) is 11.3. The maximum atomic E-state index is 12.0. The summed E-state index contributed by atoms with van der Waals surface area (Å²) in [7, 11) is 3.90. The van der Waals surface area contributed by atoms with Gasteiger partial charge in [-0.3, -0.25) is 4.98 Å². The highest BCUT2D eigenvalue weighted by Crippen LogP contribution is 2.04. The number of aromatic nitrogens is 1. The Hall–Kier alpha value is -1.50. The van der Waals surface area contributed by atoms with Gasteiger partial charge in [0.1, 0.15) is 6.61 Å². The number of hydrogen-bond donors (Lipinski definition) is 1. The Kier molecular flexibility index (Phi) is 11.0. The Morgan fingerprint density at radius 2 is 1.96 bits per heavy atom. The number of rotatable bonds is 13. The second kappa shape index (κ2) is 12.8. The summed E-state index contributed by atoms with van der Waals surface area (Å²) in [6.45, 7) is 10.5. The molecule has 0 saturated carbocycles. The number of nitrogens with one attached hydrogen (secondary N) is 1. The number of likely N-dealkylation sites (N-methyl/N-ethyl adjacent to an activating group) is 1. The highest BCUT2D eigenvalue weighted by Gasteiger charge is 2.08. The number of ether oxygens (including phenoxy) is 1. The Labute approximate surface area is 152 Å². The molecule has 6 heteroatoms. The first kappa shape index (κ1) is 21.5. The van der Waals surface area contributed by atoms with E-state index in [9.17, 15) is 4.79 Å². The fourth-order valence-corrected chi connectivity index (χ4v) is 2.45. The van der Waals surface area contributed by atoms with Crippen LogP contribution in [0, 0.1) is 0 Å². The van der Waals surface area contributed by atoms with Crippen molar-refractivity contribution in [1.82, 2.24) is 20.1 Å². The topological polar surface area (TPSA) is 57.7 Å². The third-order valence-electron chi connectivity index (χ3n) is 4.10. The monoisotopic (exact) mass is 350 g/mol. The number of unbranched alkanes of at least 4 members (excludes halogenated alkanes) is 1. The largest absolute Gasteiger partial charge is 0.461 e. The van der Waals surface area contributed by atoms with Gasteiger partial charge in [-0.05, 0) is 65.2 Å². The summed E-state index contributed by atoms with van der Waals surface area (Å²) in [5, 5.41) is 3.40. The number of pyridine rings is 1. The van der Waals surface area contributed by atoms with Crippen molar-refractivity contribution in [2.75, 3.05) is 53.4 Å². The van der Waals surface area contributed by atoms with E-state index in [0.29, 0.717) is 18.7 Å². The van der Waals surface area contributed by atoms with E-state index in [2.05, 4.69) is 29.0 Å². The van der Waals surface area contributed by atoms with E-state index < -0.39 is 0 Å². The lowest BCUT2D eigenvalue weighted by atomic mass is 10.2. The average molecular weight is 351 g/mol. The first-order valence-corrected chi connectivity index (χ1v) is 9.26. The lowest BCUT2D eigenvalue weighted by Crippen LogP contribution is -2.25. The summed E-state index contributed by atoms with van der Waals surface area (Å²) < 4.78 is 5.26. The van der Waals surface area contributed by atoms with Gasteiger partial charge in [0.15, 0.2) is 0 Å². The molecule has 0 aliphatic heterocycles. The Bertz CT molecular complexity index is 490. The van der Waals surface area contributed by atoms with Gasteiger partial charge >= 0.3 is 5.97 Å². The van der Waals surface area contributed by atoms with Crippen LogP contribution in [-0.4, -0.2) is 74.2 Å². The van der Waals surface area contributed by atoms with E-state index in [1.165, 1.54) is 6.42 Å². The van der Waals surface area contributed by atoms with Gasteiger partial charge in [0, 0.05) is 19.3 Å². The van der Waals surface area contributed by atoms with E-state index in [4.69, 9.17) is 4.74 Å². The number of carbonyl (C=O) groups excluding carboxylic acids is 1. The molecule has 1 aromatic rings. The first-order chi connectivity index (χ1) is 12.1. The van der Waals surface area contributed by atoms with Gasteiger partial charge in [-0.1, -0.05) is 13.8 Å². The zero-order valence-electron chi connectivity index (χ0n) is 16.3. The van der Waals surface area contributed by atoms with Crippen LogP contribution in [0.25, 0.3) is 0 Å². The first-order valence-electron chi connectivity index (χ1n) is 9.26. The standard InChI is InChI=1S/C19H34N4O2/c1-5-23(6-2)12-8-7-10-20-16-18-15-17(9-11-21-18)19(24)25-14-13-22(3)4/h9,11,15,20H,5-8,10,12-14,16H2,1-4H3. The highest BCUT2D eigenvalue weighted by molar-refractivity contribution is 5.89. The second-order valence-electron chi connectivity index (χ2n) is 6.39. The molecule has 0 fully saturated rings. The summed E-state index contributed by atoms with van der Waals surface area (Å²) >= 11 is 0. The van der Waals surface area contributed by atoms with Crippen LogP contribution in [0.2, 0.25) is 0 Å². The van der Waals surface area contributed by atoms with E-state index >= 15 is 0 Å². The average Bonchev–Trinajstić information content (AvgIpc) is 2.61. The van der Waals surface area contributed by atoms with Crippen molar-refractivity contribution in [3.8, 4) is 0 Å². The maximum Gasteiger partial charge on any atom is 0.338 e. The number of esters is 1. The Morgan fingerprint density at radius 1 is 1.20 bits per heavy atom. The molecule has 6 nitrogen and oxygen atoms in total. The molecule has 1 aromatic heterocycles. The van der Waals surface area contributed by atoms with Crippen LogP contribution in [0.15, 0.2) is 18.3 Å². The van der Waals surface area contributed by atoms with Crippen LogP contribution >= 0.6 is 0 Å². The number of hydrogen-bond acceptors (Lipinski definition) is 6. The number of nitrogens with zero attached hydrogens (tertiary/aromatic N) is 3. The van der Waals surface area contributed by atoms with E-state index in [0.717, 1.165) is 44.8 Å². The van der Waals surface area contributed by atoms with Crippen molar-refractivity contribution in [2.45, 2.75) is 33.2 Å². The molecule has 0 aliphatic rings. The van der Waals surface area contributed by atoms with Crippen molar-refractivity contribution in [1.29, 1.82) is 0 Å². The molecule has 0 radical (unpaired) electrons. The van der Waals surface area contributed by atoms with Crippen molar-refractivity contribution < 1.29 is 9.53 Å². The van der Waals surface area contributed by atoms with Gasteiger partial charge in [-0.2, -0.15) is 0 Å². The van der Waals surface area contributed by atoms with Crippen LogP contribution in [-0.2, 0) is 11.3 Å². The third-order valence-corrected chi connectivity index (χ3v) is 4.10. The number of carbonyl (C=O) groups is 1. The van der Waals surface area contributed by atoms with E-state index in [1.807, 2.05) is 19.0 Å². The fraction of sp³-hybridized carbons (Fsp3) is 0.684. The molecular weight excluding hydrogens is 316 g/mol. The van der Waals surface area contributed by atoms with E-state index in [1.54, 1.807) is 18.3 Å². The van der Waals surface area contributed by atoms with Gasteiger partial charge < -0.3 is 19.9 Å². The summed E-state index contributed by atoms with van der Waals surface area (Å²) in [6.07, 6.45) is 4.00. The van der Waals surface area contributed by atoms with Crippen LogP contribution in [0.1, 0.15) is 42.7 Å². The molecule has 0 spiro atoms. The molecule has 0 saturated heterocycles. The molecule has 0 aromatic carbocycles. The Morgan fingerprint density at radius 3 is 2.64 bits per heavy atom. The summed E-state index contributed by atoms with van der Waals surface area (Å²) in [5.74, 6) is -0.287. The Balaban J connectivity index is 2.27. The molecule has 142 valence electrons. The summed E-state index contributed by atoms with van der Waals surface area (Å²) in [4.78, 5) is 20.8. The van der Waals surface area contributed by atoms with Crippen molar-refractivity contribution in [3.05, 3.63) is 29.6 Å². The summed E-state index contributed by atoms with van der Waals surface area (Å²) in [5.41, 5.74) is 1.43. The molecule has 1 rings (SSSR count). The van der Waals surface area contributed by atoms with Crippen molar-refractivity contribution in [2.24, 2.45) is 0 Å². The molecular formula is C19H34N4O2. The predicted octanol–water partition coefficient (Wildman–Crippen LogP) is 2.01. The third kappa shape index (κ3) is 9.53. The van der Waals surface area contributed by atoms with E-state index in [-0.39, 0.29) is 5.97 Å². The zero-order chi connectivity index (χ0) is 18.5. The van der Waals surface area contributed by atoms with Gasteiger partial charge in [0.25, 0.3) is 0 Å². The fourth-order valence-electron chi connectivity index (χ4n) is 2.45. The van der Waals surface area contributed by atoms with Crippen LogP contribution < -0.4 is 5.32 Å². The molecule has 1 heterocycles. The molecule has 0 aliphatic carbocycles. The quantitative estimate of drug-likeness (QED) is 0.434. The molecule has 25 heavy (non-hydrogen) atoms. The SMILES string of the molecule is CCN(CC)CCCCNCc1cc(C(=O)OCCN(C)C)ccn1. The zero-order valence-corrected chi connectivity index (χ0v) is 16.3. The maximum absolute atomic E-state index is 12.0. The van der Waals surface area contributed by atoms with Crippen LogP contribution in [0.5, 0.6) is 0 Å². The van der Waals surface area contributed by atoms with Crippen molar-refractivity contribution >= 4 is 5.97 Å². The van der Waals surface area contributed by atoms with Gasteiger partial charge in [-0.25, -0.2) is 4.79 Å². The van der Waals surface area contributed by atoms with Crippen molar-refractivity contribution in [3.63, 3.8) is 0 Å². The highest BCUT2D eigenvalue weighted by atomic mass is 16.5. The second-order valence-corrected chi connectivity index (χ2v) is 6.39. The minimum atomic E-state index is -0.287. The molecule has 0 bridgehead atoms. The predicted molar refractivity (Wildman–Crippen MR) is 102 cm³/mol. The van der Waals surface area contributed by atoms with Crippen LogP contribution in [0.4, 0.5) is 0 Å². The lowest BCUT2D eigenvalue weighted by molar-refractivity contribution is 0.0481. The molecule has 0 unspecified atom stereocenters. The molecule has 0 atom stereocenters. The molecule has 1 N–H and O–H groups in total. The smallest absolute Gasteiger partial charge is 0.338 e. The lowest BCUT2D eigenvalue weighted by Gasteiger charge is -2.17. The van der Waals surface area contributed by atoms with Gasteiger partial charge in [0.2, 0.25) is 0 Å².